The van der Waals surface area contributed by atoms with Gasteiger partial charge in [0.1, 0.15) is 5.69 Å². The maximum absolute atomic E-state index is 8.78. The third-order valence-electron chi connectivity index (χ3n) is 3.55. The molecule has 0 amide bonds. The minimum absolute atomic E-state index is 0.0591. The SMILES string of the molecule is CN(CC1CCCC1)c1cccnc1/C(N)=N/O. The van der Waals surface area contributed by atoms with E-state index in [0.717, 1.165) is 18.2 Å². The first kappa shape index (κ1) is 12.7. The van der Waals surface area contributed by atoms with Crippen molar-refractivity contribution < 1.29 is 5.21 Å². The van der Waals surface area contributed by atoms with E-state index < -0.39 is 0 Å². The predicted octanol–water partition coefficient (Wildman–Crippen LogP) is 1.80. The summed E-state index contributed by atoms with van der Waals surface area (Å²) < 4.78 is 0. The molecule has 5 heteroatoms. The molecule has 5 nitrogen and oxygen atoms in total. The molecule has 0 saturated heterocycles. The molecular weight excluding hydrogens is 228 g/mol. The van der Waals surface area contributed by atoms with E-state index in [1.807, 2.05) is 19.2 Å². The third kappa shape index (κ3) is 2.72. The van der Waals surface area contributed by atoms with Crippen molar-refractivity contribution in [1.82, 2.24) is 4.98 Å². The van der Waals surface area contributed by atoms with Crippen molar-refractivity contribution in [3.8, 4) is 0 Å². The van der Waals surface area contributed by atoms with Gasteiger partial charge in [-0.25, -0.2) is 0 Å². The molecule has 2 rings (SSSR count). The van der Waals surface area contributed by atoms with Crippen LogP contribution >= 0.6 is 0 Å². The van der Waals surface area contributed by atoms with Crippen LogP contribution in [0, 0.1) is 5.92 Å². The lowest BCUT2D eigenvalue weighted by atomic mass is 10.1. The minimum Gasteiger partial charge on any atom is -0.409 e. The van der Waals surface area contributed by atoms with Gasteiger partial charge >= 0.3 is 0 Å². The highest BCUT2D eigenvalue weighted by atomic mass is 16.4. The summed E-state index contributed by atoms with van der Waals surface area (Å²) in [6, 6.07) is 3.82. The van der Waals surface area contributed by atoms with E-state index in [9.17, 15) is 0 Å². The number of anilines is 1. The van der Waals surface area contributed by atoms with Gasteiger partial charge in [0, 0.05) is 19.8 Å². The van der Waals surface area contributed by atoms with E-state index in [0.29, 0.717) is 5.69 Å². The number of oxime groups is 1. The van der Waals surface area contributed by atoms with Crippen LogP contribution in [0.2, 0.25) is 0 Å². The van der Waals surface area contributed by atoms with Crippen molar-refractivity contribution >= 4 is 11.5 Å². The van der Waals surface area contributed by atoms with Crippen molar-refractivity contribution in [2.75, 3.05) is 18.5 Å². The molecule has 0 unspecified atom stereocenters. The Balaban J connectivity index is 2.16. The van der Waals surface area contributed by atoms with Gasteiger partial charge in [-0.3, -0.25) is 4.98 Å². The van der Waals surface area contributed by atoms with Gasteiger partial charge in [0.15, 0.2) is 5.84 Å². The molecular formula is C13H20N4O. The number of hydrogen-bond donors (Lipinski definition) is 2. The monoisotopic (exact) mass is 248 g/mol. The van der Waals surface area contributed by atoms with E-state index >= 15 is 0 Å². The van der Waals surface area contributed by atoms with Gasteiger partial charge in [-0.15, -0.1) is 0 Å². The number of nitrogens with two attached hydrogens (primary N) is 1. The highest BCUT2D eigenvalue weighted by molar-refractivity contribution is 6.00. The Labute approximate surface area is 107 Å². The summed E-state index contributed by atoms with van der Waals surface area (Å²) in [6.07, 6.45) is 6.91. The fraction of sp³-hybridized carbons (Fsp3) is 0.538. The lowest BCUT2D eigenvalue weighted by molar-refractivity contribution is 0.318. The van der Waals surface area contributed by atoms with Gasteiger partial charge in [-0.05, 0) is 30.9 Å². The molecule has 1 saturated carbocycles. The fourth-order valence-electron chi connectivity index (χ4n) is 2.63. The van der Waals surface area contributed by atoms with Crippen LogP contribution in [0.5, 0.6) is 0 Å². The maximum Gasteiger partial charge on any atom is 0.190 e. The maximum atomic E-state index is 8.78. The Morgan fingerprint density at radius 3 is 2.94 bits per heavy atom. The summed E-state index contributed by atoms with van der Waals surface area (Å²) >= 11 is 0. The summed E-state index contributed by atoms with van der Waals surface area (Å²) in [7, 11) is 2.03. The van der Waals surface area contributed by atoms with E-state index in [4.69, 9.17) is 10.9 Å². The number of rotatable bonds is 4. The quantitative estimate of drug-likeness (QED) is 0.369. The molecule has 0 atom stereocenters. The van der Waals surface area contributed by atoms with Crippen LogP contribution in [0.15, 0.2) is 23.5 Å². The van der Waals surface area contributed by atoms with Crippen LogP contribution in [-0.2, 0) is 0 Å². The smallest absolute Gasteiger partial charge is 0.190 e. The Kier molecular flexibility index (Phi) is 4.02. The molecule has 1 aliphatic rings. The number of pyridine rings is 1. The second-order valence-corrected chi connectivity index (χ2v) is 4.89. The normalized spacial score (nSPS) is 17.1. The summed E-state index contributed by atoms with van der Waals surface area (Å²) in [5.74, 6) is 0.805. The number of hydrogen-bond acceptors (Lipinski definition) is 4. The van der Waals surface area contributed by atoms with Crippen molar-refractivity contribution in [3.63, 3.8) is 0 Å². The molecule has 1 fully saturated rings. The van der Waals surface area contributed by atoms with Crippen molar-refractivity contribution in [2.24, 2.45) is 16.8 Å². The lowest BCUT2D eigenvalue weighted by Crippen LogP contribution is -2.28. The van der Waals surface area contributed by atoms with E-state index in [-0.39, 0.29) is 5.84 Å². The Bertz CT molecular complexity index is 427. The molecule has 0 aromatic carbocycles. The molecule has 18 heavy (non-hydrogen) atoms. The van der Waals surface area contributed by atoms with Crippen LogP contribution in [0.25, 0.3) is 0 Å². The number of nitrogens with zero attached hydrogens (tertiary/aromatic N) is 3. The highest BCUT2D eigenvalue weighted by Gasteiger charge is 2.19. The summed E-state index contributed by atoms with van der Waals surface area (Å²) in [5, 5.41) is 11.8. The van der Waals surface area contributed by atoms with Gasteiger partial charge in [-0.2, -0.15) is 0 Å². The van der Waals surface area contributed by atoms with Crippen LogP contribution in [0.4, 0.5) is 5.69 Å². The van der Waals surface area contributed by atoms with Crippen LogP contribution in [-0.4, -0.2) is 29.6 Å². The van der Waals surface area contributed by atoms with Crippen molar-refractivity contribution in [2.45, 2.75) is 25.7 Å². The standard InChI is InChI=1S/C13H20N4O/c1-17(9-10-5-2-3-6-10)11-7-4-8-15-12(11)13(14)16-18/h4,7-8,10,18H,2-3,5-6,9H2,1H3,(H2,14,16). The molecule has 0 aliphatic heterocycles. The summed E-state index contributed by atoms with van der Waals surface area (Å²) in [6.45, 7) is 0.997. The molecule has 3 N–H and O–H groups in total. The van der Waals surface area contributed by atoms with E-state index in [1.54, 1.807) is 6.20 Å². The zero-order valence-electron chi connectivity index (χ0n) is 10.7. The first-order valence-corrected chi connectivity index (χ1v) is 6.36. The highest BCUT2D eigenvalue weighted by Crippen LogP contribution is 2.27. The Morgan fingerprint density at radius 2 is 2.28 bits per heavy atom. The predicted molar refractivity (Wildman–Crippen MR) is 72.0 cm³/mol. The van der Waals surface area contributed by atoms with Gasteiger partial charge in [0.2, 0.25) is 0 Å². The second-order valence-electron chi connectivity index (χ2n) is 4.89. The topological polar surface area (TPSA) is 74.7 Å². The Morgan fingerprint density at radius 1 is 1.56 bits per heavy atom. The first-order valence-electron chi connectivity index (χ1n) is 6.36. The largest absolute Gasteiger partial charge is 0.409 e. The zero-order valence-corrected chi connectivity index (χ0v) is 10.7. The van der Waals surface area contributed by atoms with Crippen LogP contribution in [0.1, 0.15) is 31.4 Å². The molecule has 0 bridgehead atoms. The van der Waals surface area contributed by atoms with Gasteiger partial charge in [0.05, 0.1) is 5.69 Å². The average Bonchev–Trinajstić information content (AvgIpc) is 2.90. The lowest BCUT2D eigenvalue weighted by Gasteiger charge is -2.24. The second kappa shape index (κ2) is 5.71. The van der Waals surface area contributed by atoms with Gasteiger partial charge in [0.25, 0.3) is 0 Å². The fourth-order valence-corrected chi connectivity index (χ4v) is 2.63. The molecule has 1 aliphatic carbocycles. The van der Waals surface area contributed by atoms with Crippen molar-refractivity contribution in [1.29, 1.82) is 0 Å². The molecule has 98 valence electrons. The minimum atomic E-state index is 0.0591. The van der Waals surface area contributed by atoms with Gasteiger partial charge in [-0.1, -0.05) is 18.0 Å². The molecule has 1 heterocycles. The van der Waals surface area contributed by atoms with Crippen LogP contribution in [0.3, 0.4) is 0 Å². The van der Waals surface area contributed by atoms with Crippen LogP contribution < -0.4 is 10.6 Å². The first-order chi connectivity index (χ1) is 8.72. The third-order valence-corrected chi connectivity index (χ3v) is 3.55. The van der Waals surface area contributed by atoms with Gasteiger partial charge < -0.3 is 15.8 Å². The number of amidine groups is 1. The molecule has 0 spiro atoms. The molecule has 1 aromatic heterocycles. The number of aromatic nitrogens is 1. The van der Waals surface area contributed by atoms with Crippen molar-refractivity contribution in [3.05, 3.63) is 24.0 Å². The average molecular weight is 248 g/mol. The summed E-state index contributed by atoms with van der Waals surface area (Å²) in [4.78, 5) is 6.34. The summed E-state index contributed by atoms with van der Waals surface area (Å²) in [5.41, 5.74) is 7.11. The molecule has 0 radical (unpaired) electrons. The van der Waals surface area contributed by atoms with E-state index in [2.05, 4.69) is 15.0 Å². The zero-order chi connectivity index (χ0) is 13.0. The Hall–Kier alpha value is -1.78. The molecule has 1 aromatic rings. The van der Waals surface area contributed by atoms with E-state index in [1.165, 1.54) is 25.7 Å².